The maximum atomic E-state index is 12.8. The first-order valence-corrected chi connectivity index (χ1v) is 11.3. The molecule has 0 aliphatic carbocycles. The first kappa shape index (κ1) is 20.5. The summed E-state index contributed by atoms with van der Waals surface area (Å²) in [7, 11) is 0. The Balaban J connectivity index is 1.30. The summed E-state index contributed by atoms with van der Waals surface area (Å²) in [6.07, 6.45) is 1.66. The highest BCUT2D eigenvalue weighted by Gasteiger charge is 2.28. The number of fused-ring (bicyclic) bond motifs is 1. The lowest BCUT2D eigenvalue weighted by Crippen LogP contribution is -2.44. The molecule has 3 aromatic rings. The topological polar surface area (TPSA) is 78.1 Å². The zero-order valence-electron chi connectivity index (χ0n) is 17.0. The summed E-state index contributed by atoms with van der Waals surface area (Å²) in [6, 6.07) is 17.4. The Morgan fingerprint density at radius 3 is 2.77 bits per heavy atom. The van der Waals surface area contributed by atoms with Gasteiger partial charge in [-0.25, -0.2) is 4.98 Å². The van der Waals surface area contributed by atoms with Crippen LogP contribution in [0.25, 0.3) is 11.0 Å². The molecule has 156 valence electrons. The molecule has 1 aromatic heterocycles. The molecule has 2 aromatic carbocycles. The number of H-pyrrole nitrogens is 1. The van der Waals surface area contributed by atoms with Crippen LogP contribution in [0.1, 0.15) is 30.8 Å². The largest absolute Gasteiger partial charge is 0.341 e. The van der Waals surface area contributed by atoms with Crippen LogP contribution in [0.4, 0.5) is 5.69 Å². The second-order valence-corrected chi connectivity index (χ2v) is 8.96. The molecule has 2 atom stereocenters. The van der Waals surface area contributed by atoms with Crippen LogP contribution in [0.3, 0.4) is 0 Å². The van der Waals surface area contributed by atoms with Crippen LogP contribution in [0, 0.1) is 5.92 Å². The number of para-hydroxylation sites is 3. The third kappa shape index (κ3) is 4.84. The number of piperidine rings is 1. The molecule has 30 heavy (non-hydrogen) atoms. The molecule has 4 rings (SSSR count). The molecule has 0 spiro atoms. The van der Waals surface area contributed by atoms with E-state index in [1.807, 2.05) is 59.5 Å². The van der Waals surface area contributed by atoms with Crippen LogP contribution in [0.15, 0.2) is 54.6 Å². The van der Waals surface area contributed by atoms with Crippen molar-refractivity contribution in [1.29, 1.82) is 0 Å². The summed E-state index contributed by atoms with van der Waals surface area (Å²) in [4.78, 5) is 35.2. The minimum atomic E-state index is -0.166. The predicted molar refractivity (Wildman–Crippen MR) is 121 cm³/mol. The predicted octanol–water partition coefficient (Wildman–Crippen LogP) is 4.23. The van der Waals surface area contributed by atoms with E-state index in [1.165, 1.54) is 0 Å². The van der Waals surface area contributed by atoms with Crippen molar-refractivity contribution in [3.63, 3.8) is 0 Å². The lowest BCUT2D eigenvalue weighted by molar-refractivity contribution is -0.132. The van der Waals surface area contributed by atoms with Crippen molar-refractivity contribution in [2.75, 3.05) is 24.2 Å². The number of nitrogens with one attached hydrogen (secondary N) is 2. The number of carbonyl (C=O) groups is 2. The highest BCUT2D eigenvalue weighted by Crippen LogP contribution is 2.28. The normalized spacial score (nSPS) is 17.6. The van der Waals surface area contributed by atoms with Gasteiger partial charge in [0.25, 0.3) is 0 Å². The van der Waals surface area contributed by atoms with Crippen LogP contribution >= 0.6 is 11.8 Å². The van der Waals surface area contributed by atoms with Gasteiger partial charge in [-0.1, -0.05) is 30.3 Å². The fourth-order valence-corrected chi connectivity index (χ4v) is 4.56. The van der Waals surface area contributed by atoms with Crippen molar-refractivity contribution < 1.29 is 9.59 Å². The van der Waals surface area contributed by atoms with Crippen molar-refractivity contribution in [2.24, 2.45) is 5.92 Å². The van der Waals surface area contributed by atoms with Crippen LogP contribution in [0.5, 0.6) is 0 Å². The summed E-state index contributed by atoms with van der Waals surface area (Å²) in [5, 5.41) is 3.05. The molecule has 2 unspecified atom stereocenters. The number of anilines is 1. The number of nitrogens with zero attached hydrogens (tertiary/aromatic N) is 2. The van der Waals surface area contributed by atoms with Crippen molar-refractivity contribution in [2.45, 2.75) is 25.0 Å². The van der Waals surface area contributed by atoms with Gasteiger partial charge in [-0.3, -0.25) is 9.59 Å². The highest BCUT2D eigenvalue weighted by molar-refractivity contribution is 8.00. The Morgan fingerprint density at radius 2 is 1.97 bits per heavy atom. The fourth-order valence-electron chi connectivity index (χ4n) is 3.72. The van der Waals surface area contributed by atoms with E-state index in [0.717, 1.165) is 35.4 Å². The van der Waals surface area contributed by atoms with E-state index in [9.17, 15) is 9.59 Å². The second kappa shape index (κ2) is 9.34. The number of likely N-dealkylation sites (tertiary alicyclic amines) is 1. The summed E-state index contributed by atoms with van der Waals surface area (Å²) in [6.45, 7) is 3.26. The van der Waals surface area contributed by atoms with Crippen molar-refractivity contribution in [1.82, 2.24) is 14.9 Å². The van der Waals surface area contributed by atoms with Gasteiger partial charge >= 0.3 is 0 Å². The molecule has 2 heterocycles. The quantitative estimate of drug-likeness (QED) is 0.623. The lowest BCUT2D eigenvalue weighted by atomic mass is 9.97. The molecule has 0 radical (unpaired) electrons. The molecule has 7 heteroatoms. The number of hydrogen-bond acceptors (Lipinski definition) is 4. The van der Waals surface area contributed by atoms with Gasteiger partial charge in [0.1, 0.15) is 5.82 Å². The zero-order valence-corrected chi connectivity index (χ0v) is 17.8. The number of rotatable bonds is 6. The summed E-state index contributed by atoms with van der Waals surface area (Å²) in [5.41, 5.74) is 2.74. The molecule has 1 aliphatic heterocycles. The smallest absolute Gasteiger partial charge is 0.232 e. The molecule has 1 fully saturated rings. The average molecular weight is 423 g/mol. The minimum absolute atomic E-state index is 0.0120. The van der Waals surface area contributed by atoms with Crippen LogP contribution < -0.4 is 5.32 Å². The first-order valence-electron chi connectivity index (χ1n) is 10.3. The summed E-state index contributed by atoms with van der Waals surface area (Å²) < 4.78 is 0. The minimum Gasteiger partial charge on any atom is -0.341 e. The van der Waals surface area contributed by atoms with Gasteiger partial charge < -0.3 is 15.2 Å². The van der Waals surface area contributed by atoms with Crippen LogP contribution in [0.2, 0.25) is 0 Å². The van der Waals surface area contributed by atoms with Crippen molar-refractivity contribution >= 4 is 40.3 Å². The summed E-state index contributed by atoms with van der Waals surface area (Å²) >= 11 is 1.57. The van der Waals surface area contributed by atoms with E-state index in [-0.39, 0.29) is 23.0 Å². The number of amides is 2. The van der Waals surface area contributed by atoms with Crippen molar-refractivity contribution in [3.8, 4) is 0 Å². The Morgan fingerprint density at radius 1 is 1.20 bits per heavy atom. The van der Waals surface area contributed by atoms with Gasteiger partial charge in [0.15, 0.2) is 0 Å². The van der Waals surface area contributed by atoms with Gasteiger partial charge in [0.2, 0.25) is 11.8 Å². The molecule has 2 N–H and O–H groups in total. The maximum Gasteiger partial charge on any atom is 0.232 e. The Kier molecular flexibility index (Phi) is 6.38. The number of aromatic amines is 1. The standard InChI is InChI=1S/C23H26N4O2S/c1-16(22-25-19-11-5-6-12-20(19)26-22)30-15-21(28)27-13-7-8-17(14-27)23(29)24-18-9-3-2-4-10-18/h2-6,9-12,16-17H,7-8,13-15H2,1H3,(H,24,29)(H,25,26). The SMILES string of the molecule is CC(SCC(=O)N1CCCC(C(=O)Nc2ccccc2)C1)c1nc2ccccc2[nH]1. The Bertz CT molecular complexity index is 987. The van der Waals surface area contributed by atoms with E-state index in [1.54, 1.807) is 11.8 Å². The number of thioether (sulfide) groups is 1. The molecule has 2 amide bonds. The highest BCUT2D eigenvalue weighted by atomic mass is 32.2. The Labute approximate surface area is 180 Å². The number of benzene rings is 2. The zero-order chi connectivity index (χ0) is 20.9. The third-order valence-electron chi connectivity index (χ3n) is 5.44. The van der Waals surface area contributed by atoms with Gasteiger partial charge in [0.05, 0.1) is 28.0 Å². The van der Waals surface area contributed by atoms with E-state index >= 15 is 0 Å². The van der Waals surface area contributed by atoms with Gasteiger partial charge in [-0.2, -0.15) is 0 Å². The number of hydrogen-bond donors (Lipinski definition) is 2. The fraction of sp³-hybridized carbons (Fsp3) is 0.348. The summed E-state index contributed by atoms with van der Waals surface area (Å²) in [5.74, 6) is 1.17. The third-order valence-corrected chi connectivity index (χ3v) is 6.57. The van der Waals surface area contributed by atoms with E-state index in [0.29, 0.717) is 18.8 Å². The second-order valence-electron chi connectivity index (χ2n) is 7.63. The van der Waals surface area contributed by atoms with Gasteiger partial charge in [0, 0.05) is 18.8 Å². The lowest BCUT2D eigenvalue weighted by Gasteiger charge is -2.32. The molecule has 0 bridgehead atoms. The molecule has 6 nitrogen and oxygen atoms in total. The molecule has 1 saturated heterocycles. The number of imidazole rings is 1. The molecule has 0 saturated carbocycles. The van der Waals surface area contributed by atoms with Gasteiger partial charge in [-0.15, -0.1) is 11.8 Å². The van der Waals surface area contributed by atoms with Crippen LogP contribution in [-0.4, -0.2) is 45.5 Å². The number of carbonyl (C=O) groups excluding carboxylic acids is 2. The van der Waals surface area contributed by atoms with Crippen molar-refractivity contribution in [3.05, 3.63) is 60.4 Å². The maximum absolute atomic E-state index is 12.8. The molecule has 1 aliphatic rings. The monoisotopic (exact) mass is 422 g/mol. The molecular formula is C23H26N4O2S. The van der Waals surface area contributed by atoms with E-state index in [4.69, 9.17) is 0 Å². The Hall–Kier alpha value is -2.80. The molecular weight excluding hydrogens is 396 g/mol. The first-order chi connectivity index (χ1) is 14.6. The van der Waals surface area contributed by atoms with E-state index < -0.39 is 0 Å². The van der Waals surface area contributed by atoms with Gasteiger partial charge in [-0.05, 0) is 44.0 Å². The number of aromatic nitrogens is 2. The van der Waals surface area contributed by atoms with E-state index in [2.05, 4.69) is 22.2 Å². The average Bonchev–Trinajstić information content (AvgIpc) is 3.22. The van der Waals surface area contributed by atoms with Crippen LogP contribution in [-0.2, 0) is 9.59 Å².